The first-order valence-electron chi connectivity index (χ1n) is 43.8. The maximum atomic E-state index is 6.36. The summed E-state index contributed by atoms with van der Waals surface area (Å²) in [6.45, 7) is 0. The molecule has 0 aliphatic heterocycles. The number of nitrogens with zero attached hydrogens (tertiary/aromatic N) is 1. The number of fused-ring (bicyclic) bond motifs is 22. The highest BCUT2D eigenvalue weighted by Crippen LogP contribution is 2.53. The van der Waals surface area contributed by atoms with Crippen LogP contribution in [0.5, 0.6) is 0 Å². The maximum Gasteiger partial charge on any atom is 0.136 e. The van der Waals surface area contributed by atoms with Crippen molar-refractivity contribution in [3.8, 4) is 77.9 Å². The summed E-state index contributed by atoms with van der Waals surface area (Å²) >= 11 is 0. The van der Waals surface area contributed by atoms with Gasteiger partial charge in [0.15, 0.2) is 0 Å². The molecule has 0 fully saturated rings. The van der Waals surface area contributed by atoms with E-state index in [0.29, 0.717) is 0 Å². The van der Waals surface area contributed by atoms with Crippen molar-refractivity contribution in [2.24, 2.45) is 0 Å². The first-order chi connectivity index (χ1) is 63.0. The fourth-order valence-electron chi connectivity index (χ4n) is 21.4. The molecule has 0 unspecified atom stereocenters. The lowest BCUT2D eigenvalue weighted by molar-refractivity contribution is 0.669. The SMILES string of the molecule is c1ccc(-c2ccccc2-c2c3ccccc3c(-c3ccc4oc5cc6ccccc6cc5c4c3)c3ccccc23)cc1.c1ccc2cc(-c3c4ccccc4c(-c4ccc5c6ccccc6n6c7ccccc7c4c56)c4ccccc34)ccc2c1.c1ccc2cc(-c3c4ccccc4c(-c4ccc5oc6cc7ccccc7cc6c5c4)c4ccccc34)ccc2c1. The summed E-state index contributed by atoms with van der Waals surface area (Å²) in [6.07, 6.45) is 0. The van der Waals surface area contributed by atoms with E-state index in [9.17, 15) is 0 Å². The number of aromatic nitrogens is 1. The summed E-state index contributed by atoms with van der Waals surface area (Å²) in [6, 6.07) is 166. The van der Waals surface area contributed by atoms with Gasteiger partial charge in [-0.05, 0) is 258 Å². The van der Waals surface area contributed by atoms with Crippen LogP contribution in [0.4, 0.5) is 0 Å². The summed E-state index contributed by atoms with van der Waals surface area (Å²) < 4.78 is 15.2. The van der Waals surface area contributed by atoms with Crippen molar-refractivity contribution in [1.29, 1.82) is 0 Å². The zero-order valence-electron chi connectivity index (χ0n) is 69.1. The molecule has 3 heteroatoms. The second kappa shape index (κ2) is 29.0. The predicted octanol–water partition coefficient (Wildman–Crippen LogP) is 35.2. The van der Waals surface area contributed by atoms with Crippen LogP contribution in [0.2, 0.25) is 0 Å². The van der Waals surface area contributed by atoms with Crippen LogP contribution < -0.4 is 0 Å². The van der Waals surface area contributed by atoms with E-state index in [2.05, 4.69) is 459 Å². The van der Waals surface area contributed by atoms with Crippen molar-refractivity contribution >= 4 is 190 Å². The van der Waals surface area contributed by atoms with E-state index in [1.54, 1.807) is 0 Å². The maximum absolute atomic E-state index is 6.36. The Labute approximate surface area is 730 Å². The van der Waals surface area contributed by atoms with Gasteiger partial charge in [0.1, 0.15) is 22.3 Å². The molecule has 0 bridgehead atoms. The molecule has 0 atom stereocenters. The van der Waals surface area contributed by atoms with Crippen LogP contribution in [0.25, 0.3) is 268 Å². The third kappa shape index (κ3) is 11.5. The Morgan fingerprint density at radius 2 is 0.433 bits per heavy atom. The molecule has 3 nitrogen and oxygen atoms in total. The van der Waals surface area contributed by atoms with Crippen LogP contribution in [0, 0.1) is 0 Å². The van der Waals surface area contributed by atoms with Crippen LogP contribution in [0.1, 0.15) is 0 Å². The third-order valence-corrected chi connectivity index (χ3v) is 26.9. The average molecular weight is 1610 g/mol. The monoisotopic (exact) mass is 1610 g/mol. The number of hydrogen-bond donors (Lipinski definition) is 0. The van der Waals surface area contributed by atoms with Crippen molar-refractivity contribution in [1.82, 2.24) is 4.40 Å². The molecule has 0 saturated carbocycles. The highest BCUT2D eigenvalue weighted by Gasteiger charge is 2.27. The van der Waals surface area contributed by atoms with Gasteiger partial charge < -0.3 is 13.2 Å². The van der Waals surface area contributed by atoms with Gasteiger partial charge in [-0.25, -0.2) is 0 Å². The average Bonchev–Trinajstić information content (AvgIpc) is 1.54. The Bertz CT molecular complexity index is 9260. The molecule has 0 N–H and O–H groups in total. The highest BCUT2D eigenvalue weighted by atomic mass is 16.3. The second-order valence-corrected chi connectivity index (χ2v) is 33.8. The fraction of sp³-hybridized carbons (Fsp3) is 0. The molecule has 28 aromatic rings. The molecular weight excluding hydrogens is 1540 g/mol. The number of para-hydroxylation sites is 2. The molecular formula is C124H75NO2. The van der Waals surface area contributed by atoms with Crippen molar-refractivity contribution in [3.05, 3.63) is 455 Å². The summed E-state index contributed by atoms with van der Waals surface area (Å²) in [5, 5.41) is 34.9. The van der Waals surface area contributed by atoms with Crippen molar-refractivity contribution in [3.63, 3.8) is 0 Å². The van der Waals surface area contributed by atoms with E-state index in [1.165, 1.54) is 224 Å². The van der Waals surface area contributed by atoms with Gasteiger partial charge in [0, 0.05) is 43.1 Å². The van der Waals surface area contributed by atoms with Crippen molar-refractivity contribution in [2.75, 3.05) is 0 Å². The molecule has 4 aromatic heterocycles. The number of benzene rings is 24. The van der Waals surface area contributed by atoms with Crippen LogP contribution in [-0.2, 0) is 0 Å². The molecule has 28 rings (SSSR count). The molecule has 588 valence electrons. The topological polar surface area (TPSA) is 30.7 Å². The molecule has 127 heavy (non-hydrogen) atoms. The van der Waals surface area contributed by atoms with Crippen LogP contribution in [0.15, 0.2) is 464 Å². The molecule has 0 saturated heterocycles. The zero-order valence-corrected chi connectivity index (χ0v) is 69.1. The van der Waals surface area contributed by atoms with Crippen LogP contribution in [0.3, 0.4) is 0 Å². The van der Waals surface area contributed by atoms with Gasteiger partial charge in [-0.2, -0.15) is 0 Å². The van der Waals surface area contributed by atoms with Crippen LogP contribution >= 0.6 is 0 Å². The standard InChI is InChI=1S/C42H25N.C42H26O.C40H24O/c1-2-12-27-25-28(22-21-26(27)11-1)39-30-14-3-5-16-32(30)40(33-17-6-4-15-31(33)39)36-24-23-34-29-13-7-9-19-37(29)43-38-20-10-8-18-35(38)41(36)42(34)43;1-2-12-27(13-3-1)31-16-6-7-17-32(31)42-35-20-10-8-18-33(35)41(34-19-9-11-21-36(34)42)30-22-23-39-37(25-30)38-24-28-14-4-5-15-29(28)26-40(38)43-39;1-2-10-26-21-29(18-17-25(26)9-1)39-31-13-5-7-15-33(31)40(34-16-8-6-14-32(34)39)30-19-20-37-35(23-30)36-22-27-11-3-4-12-28(27)24-38(36)41-37/h1-25H;1-26H;1-24H. The van der Waals surface area contributed by atoms with E-state index in [1.807, 2.05) is 0 Å². The summed E-state index contributed by atoms with van der Waals surface area (Å²) in [5.74, 6) is 0. The van der Waals surface area contributed by atoms with E-state index in [4.69, 9.17) is 8.83 Å². The summed E-state index contributed by atoms with van der Waals surface area (Å²) in [4.78, 5) is 0. The van der Waals surface area contributed by atoms with Gasteiger partial charge in [0.05, 0.1) is 16.6 Å². The van der Waals surface area contributed by atoms with E-state index < -0.39 is 0 Å². The van der Waals surface area contributed by atoms with Gasteiger partial charge in [0.25, 0.3) is 0 Å². The molecule has 0 aliphatic rings. The fourth-order valence-corrected chi connectivity index (χ4v) is 21.4. The molecule has 0 amide bonds. The van der Waals surface area contributed by atoms with E-state index in [-0.39, 0.29) is 0 Å². The molecule has 4 heterocycles. The smallest absolute Gasteiger partial charge is 0.136 e. The van der Waals surface area contributed by atoms with E-state index in [0.717, 1.165) is 43.9 Å². The minimum atomic E-state index is 0.913. The zero-order chi connectivity index (χ0) is 83.3. The number of rotatable bonds is 7. The van der Waals surface area contributed by atoms with Crippen LogP contribution in [-0.4, -0.2) is 4.40 Å². The highest BCUT2D eigenvalue weighted by molar-refractivity contribution is 6.32. The lowest BCUT2D eigenvalue weighted by Crippen LogP contribution is -1.92. The van der Waals surface area contributed by atoms with Gasteiger partial charge in [-0.3, -0.25) is 0 Å². The second-order valence-electron chi connectivity index (χ2n) is 33.8. The van der Waals surface area contributed by atoms with Gasteiger partial charge in [0.2, 0.25) is 0 Å². The number of hydrogen-bond acceptors (Lipinski definition) is 2. The summed E-state index contributed by atoms with van der Waals surface area (Å²) in [5.41, 5.74) is 25.1. The molecule has 0 radical (unpaired) electrons. The predicted molar refractivity (Wildman–Crippen MR) is 542 cm³/mol. The Morgan fingerprint density at radius 1 is 0.142 bits per heavy atom. The first-order valence-corrected chi connectivity index (χ1v) is 43.8. The Morgan fingerprint density at radius 3 is 0.850 bits per heavy atom. The minimum Gasteiger partial charge on any atom is -0.456 e. The van der Waals surface area contributed by atoms with E-state index >= 15 is 0 Å². The summed E-state index contributed by atoms with van der Waals surface area (Å²) in [7, 11) is 0. The van der Waals surface area contributed by atoms with Gasteiger partial charge in [-0.1, -0.05) is 382 Å². The largest absolute Gasteiger partial charge is 0.456 e. The lowest BCUT2D eigenvalue weighted by Gasteiger charge is -2.19. The van der Waals surface area contributed by atoms with Gasteiger partial charge >= 0.3 is 0 Å². The molecule has 24 aromatic carbocycles. The Hall–Kier alpha value is -16.7. The first kappa shape index (κ1) is 72.0. The Kier molecular flexibility index (Phi) is 16.4. The third-order valence-electron chi connectivity index (χ3n) is 26.9. The normalized spacial score (nSPS) is 11.9. The van der Waals surface area contributed by atoms with Crippen molar-refractivity contribution in [2.45, 2.75) is 0 Å². The van der Waals surface area contributed by atoms with Gasteiger partial charge in [-0.15, -0.1) is 0 Å². The van der Waals surface area contributed by atoms with Crippen molar-refractivity contribution < 1.29 is 8.83 Å². The minimum absolute atomic E-state index is 0.913. The lowest BCUT2D eigenvalue weighted by atomic mass is 9.83. The number of furan rings is 2. The molecule has 0 spiro atoms. The molecule has 0 aliphatic carbocycles. The Balaban J connectivity index is 0.000000101. The quantitative estimate of drug-likeness (QED) is 0.149.